The average molecular weight is 497 g/mol. The van der Waals surface area contributed by atoms with Gasteiger partial charge in [-0.25, -0.2) is 9.59 Å². The molecule has 3 aliphatic rings. The Balaban J connectivity index is 1.36. The molecular formula is C23H40N6O6. The second kappa shape index (κ2) is 11.9. The zero-order chi connectivity index (χ0) is 25.6. The first-order valence-electron chi connectivity index (χ1n) is 12.6. The number of likely N-dealkylation sites (tertiary alicyclic amines) is 1. The van der Waals surface area contributed by atoms with Crippen LogP contribution >= 0.6 is 0 Å². The van der Waals surface area contributed by atoms with E-state index in [1.807, 2.05) is 25.7 Å². The molecule has 0 aliphatic carbocycles. The minimum absolute atomic E-state index is 0.00232. The Kier molecular flexibility index (Phi) is 9.17. The molecule has 0 spiro atoms. The molecule has 198 valence electrons. The van der Waals surface area contributed by atoms with Crippen molar-refractivity contribution in [1.82, 2.24) is 31.0 Å². The second-order valence-corrected chi connectivity index (χ2v) is 10.4. The lowest BCUT2D eigenvalue weighted by Crippen LogP contribution is -2.55. The summed E-state index contributed by atoms with van der Waals surface area (Å²) < 4.78 is 5.29. The van der Waals surface area contributed by atoms with Crippen molar-refractivity contribution < 1.29 is 28.8 Å². The van der Waals surface area contributed by atoms with Gasteiger partial charge in [0.1, 0.15) is 11.6 Å². The third-order valence-electron chi connectivity index (χ3n) is 6.35. The highest BCUT2D eigenvalue weighted by Gasteiger charge is 2.47. The molecule has 3 N–H and O–H groups in total. The van der Waals surface area contributed by atoms with E-state index in [0.717, 1.165) is 12.8 Å². The molecule has 0 saturated carbocycles. The number of fused-ring (bicyclic) bond motifs is 2. The highest BCUT2D eigenvalue weighted by molar-refractivity contribution is 5.90. The summed E-state index contributed by atoms with van der Waals surface area (Å²) in [7, 11) is 0. The number of nitrogens with zero attached hydrogens (tertiary/aromatic N) is 3. The van der Waals surface area contributed by atoms with Crippen molar-refractivity contribution in [1.29, 1.82) is 0 Å². The van der Waals surface area contributed by atoms with Crippen LogP contribution in [-0.2, 0) is 19.2 Å². The monoisotopic (exact) mass is 496 g/mol. The van der Waals surface area contributed by atoms with Crippen molar-refractivity contribution in [3.8, 4) is 0 Å². The number of carbonyl (C=O) groups is 4. The normalized spacial score (nSPS) is 23.3. The molecule has 3 fully saturated rings. The quantitative estimate of drug-likeness (QED) is 0.339. The predicted octanol–water partition coefficient (Wildman–Crippen LogP) is 1.12. The highest BCUT2D eigenvalue weighted by atomic mass is 16.7. The topological polar surface area (TPSA) is 133 Å². The lowest BCUT2D eigenvalue weighted by molar-refractivity contribution is -0.133. The summed E-state index contributed by atoms with van der Waals surface area (Å²) in [5.74, 6) is -0.733. The summed E-state index contributed by atoms with van der Waals surface area (Å²) in [6.45, 7) is 9.85. The molecule has 2 bridgehead atoms. The van der Waals surface area contributed by atoms with Gasteiger partial charge in [0.2, 0.25) is 0 Å². The minimum atomic E-state index is -0.631. The number of hydrazine groups is 1. The van der Waals surface area contributed by atoms with Crippen molar-refractivity contribution >= 4 is 23.9 Å². The number of hydroxylamine groups is 2. The molecule has 3 saturated heterocycles. The number of piperidine rings is 2. The van der Waals surface area contributed by atoms with E-state index in [9.17, 15) is 19.2 Å². The fourth-order valence-electron chi connectivity index (χ4n) is 4.54. The molecular weight excluding hydrogens is 456 g/mol. The van der Waals surface area contributed by atoms with Crippen LogP contribution < -0.4 is 16.2 Å². The third kappa shape index (κ3) is 7.69. The van der Waals surface area contributed by atoms with Crippen LogP contribution in [0.2, 0.25) is 0 Å². The minimum Gasteiger partial charge on any atom is -0.444 e. The van der Waals surface area contributed by atoms with E-state index in [1.165, 1.54) is 9.96 Å². The third-order valence-corrected chi connectivity index (χ3v) is 6.35. The molecule has 5 amide bonds. The summed E-state index contributed by atoms with van der Waals surface area (Å²) in [5, 5.41) is 4.28. The number of alkyl carbamates (subject to hydrolysis) is 1. The van der Waals surface area contributed by atoms with E-state index in [4.69, 9.17) is 9.57 Å². The SMILES string of the molecule is CCCCON1C(=O)N2C[C@@H]1CC[C@H]2C(=O)NNC(=O)CN1CCC(NC(=O)OC(C)(C)C)CC1. The van der Waals surface area contributed by atoms with Gasteiger partial charge in [0.25, 0.3) is 11.8 Å². The van der Waals surface area contributed by atoms with Crippen LogP contribution in [0.5, 0.6) is 0 Å². The fraction of sp³-hybridized carbons (Fsp3) is 0.826. The van der Waals surface area contributed by atoms with Crippen LogP contribution in [-0.4, -0.2) is 95.3 Å². The number of rotatable bonds is 8. The number of nitrogens with one attached hydrogen (secondary N) is 3. The molecule has 0 unspecified atom stereocenters. The number of hydrogen-bond acceptors (Lipinski definition) is 7. The second-order valence-electron chi connectivity index (χ2n) is 10.4. The summed E-state index contributed by atoms with van der Waals surface area (Å²) in [6.07, 6.45) is 4.01. The number of hydrogen-bond donors (Lipinski definition) is 3. The molecule has 35 heavy (non-hydrogen) atoms. The molecule has 0 aromatic carbocycles. The summed E-state index contributed by atoms with van der Waals surface area (Å²) in [5.41, 5.74) is 4.40. The Labute approximate surface area is 206 Å². The number of urea groups is 1. The molecule has 2 atom stereocenters. The van der Waals surface area contributed by atoms with E-state index in [0.29, 0.717) is 51.9 Å². The smallest absolute Gasteiger partial charge is 0.407 e. The van der Waals surface area contributed by atoms with Crippen LogP contribution in [0, 0.1) is 0 Å². The summed E-state index contributed by atoms with van der Waals surface area (Å²) in [6, 6.07) is -0.959. The van der Waals surface area contributed by atoms with E-state index in [-0.39, 0.29) is 30.6 Å². The lowest BCUT2D eigenvalue weighted by Gasteiger charge is -2.32. The average Bonchev–Trinajstić information content (AvgIpc) is 3.02. The van der Waals surface area contributed by atoms with Crippen LogP contribution in [0.4, 0.5) is 9.59 Å². The standard InChI is InChI=1S/C23H40N6O6/c1-5-6-13-34-29-17-7-8-18(28(14-17)22(29)33)20(31)26-25-19(30)15-27-11-9-16(10-12-27)24-21(32)35-23(2,3)4/h16-18H,5-15H2,1-4H3,(H,24,32)(H,25,30)(H,26,31)/t17-,18-/m0/s1. The molecule has 0 aromatic rings. The predicted molar refractivity (Wildman–Crippen MR) is 127 cm³/mol. The first kappa shape index (κ1) is 27.0. The zero-order valence-electron chi connectivity index (χ0n) is 21.3. The van der Waals surface area contributed by atoms with Gasteiger partial charge < -0.3 is 15.0 Å². The van der Waals surface area contributed by atoms with Gasteiger partial charge in [-0.3, -0.25) is 30.2 Å². The number of unbranched alkanes of at least 4 members (excludes halogenated alkanes) is 1. The maximum atomic E-state index is 12.7. The van der Waals surface area contributed by atoms with E-state index in [2.05, 4.69) is 23.1 Å². The Morgan fingerprint density at radius 1 is 1.06 bits per heavy atom. The van der Waals surface area contributed by atoms with Gasteiger partial charge in [0.15, 0.2) is 0 Å². The Hall–Kier alpha value is -2.60. The largest absolute Gasteiger partial charge is 0.444 e. The molecule has 0 aromatic heterocycles. The number of amides is 5. The first-order valence-corrected chi connectivity index (χ1v) is 12.6. The summed E-state index contributed by atoms with van der Waals surface area (Å²) in [4.78, 5) is 58.8. The van der Waals surface area contributed by atoms with E-state index in [1.54, 1.807) is 0 Å². The maximum absolute atomic E-state index is 12.7. The van der Waals surface area contributed by atoms with E-state index < -0.39 is 23.6 Å². The van der Waals surface area contributed by atoms with Crippen LogP contribution in [0.15, 0.2) is 0 Å². The molecule has 0 radical (unpaired) electrons. The molecule has 3 rings (SSSR count). The van der Waals surface area contributed by atoms with Gasteiger partial charge >= 0.3 is 12.1 Å². The van der Waals surface area contributed by atoms with Crippen molar-refractivity contribution in [3.63, 3.8) is 0 Å². The fourth-order valence-corrected chi connectivity index (χ4v) is 4.54. The first-order chi connectivity index (χ1) is 16.6. The van der Waals surface area contributed by atoms with Crippen LogP contribution in [0.3, 0.4) is 0 Å². The Morgan fingerprint density at radius 2 is 1.77 bits per heavy atom. The van der Waals surface area contributed by atoms with Crippen molar-refractivity contribution in [2.75, 3.05) is 32.8 Å². The van der Waals surface area contributed by atoms with Crippen molar-refractivity contribution in [2.24, 2.45) is 0 Å². The van der Waals surface area contributed by atoms with Gasteiger partial charge in [-0.1, -0.05) is 13.3 Å². The van der Waals surface area contributed by atoms with Crippen LogP contribution in [0.25, 0.3) is 0 Å². The molecule has 12 heteroatoms. The summed E-state index contributed by atoms with van der Waals surface area (Å²) >= 11 is 0. The zero-order valence-corrected chi connectivity index (χ0v) is 21.3. The maximum Gasteiger partial charge on any atom is 0.407 e. The Bertz CT molecular complexity index is 779. The molecule has 3 aliphatic heterocycles. The van der Waals surface area contributed by atoms with E-state index >= 15 is 0 Å². The number of ether oxygens (including phenoxy) is 1. The van der Waals surface area contributed by atoms with Gasteiger partial charge in [-0.2, -0.15) is 5.06 Å². The molecule has 12 nitrogen and oxygen atoms in total. The van der Waals surface area contributed by atoms with Gasteiger partial charge in [0, 0.05) is 25.7 Å². The lowest BCUT2D eigenvalue weighted by atomic mass is 10.0. The Morgan fingerprint density at radius 3 is 2.43 bits per heavy atom. The van der Waals surface area contributed by atoms with Gasteiger partial charge in [-0.05, 0) is 52.9 Å². The van der Waals surface area contributed by atoms with Crippen molar-refractivity contribution in [2.45, 2.75) is 89.9 Å². The highest BCUT2D eigenvalue weighted by Crippen LogP contribution is 2.30. The number of carbonyl (C=O) groups excluding carboxylic acids is 4. The van der Waals surface area contributed by atoms with Crippen LogP contribution in [0.1, 0.15) is 66.2 Å². The van der Waals surface area contributed by atoms with Gasteiger partial charge in [0.05, 0.1) is 19.2 Å². The van der Waals surface area contributed by atoms with Crippen molar-refractivity contribution in [3.05, 3.63) is 0 Å². The molecule has 3 heterocycles. The van der Waals surface area contributed by atoms with Gasteiger partial charge in [-0.15, -0.1) is 0 Å².